The van der Waals surface area contributed by atoms with Gasteiger partial charge < -0.3 is 15.5 Å². The molecule has 0 aliphatic heterocycles. The number of nitrogen functional groups attached to an aromatic ring is 1. The number of nitrogens with one attached hydrogen (secondary N) is 2. The second kappa shape index (κ2) is 7.44. The predicted octanol–water partition coefficient (Wildman–Crippen LogP) is 2.34. The Hall–Kier alpha value is -2.34. The zero-order valence-corrected chi connectivity index (χ0v) is 12.4. The topological polar surface area (TPSA) is 85.1 Å². The van der Waals surface area contributed by atoms with Crippen molar-refractivity contribution in [1.82, 2.24) is 9.97 Å². The predicted molar refractivity (Wildman–Crippen MR) is 84.2 cm³/mol. The maximum Gasteiger partial charge on any atom is 0.145 e. The summed E-state index contributed by atoms with van der Waals surface area (Å²) in [5.74, 6) is 8.45. The molecule has 4 N–H and O–H groups in total. The van der Waals surface area contributed by atoms with Gasteiger partial charge in [-0.2, -0.15) is 0 Å². The van der Waals surface area contributed by atoms with Crippen molar-refractivity contribution in [2.45, 2.75) is 26.3 Å². The largest absolute Gasteiger partial charge is 0.497 e. The minimum atomic E-state index is 0.616. The summed E-state index contributed by atoms with van der Waals surface area (Å²) >= 11 is 0. The Morgan fingerprint density at radius 1 is 1.14 bits per heavy atom. The van der Waals surface area contributed by atoms with Gasteiger partial charge in [-0.25, -0.2) is 15.8 Å². The minimum Gasteiger partial charge on any atom is -0.497 e. The molecule has 6 nitrogen and oxygen atoms in total. The monoisotopic (exact) mass is 287 g/mol. The highest BCUT2D eigenvalue weighted by Crippen LogP contribution is 2.15. The molecule has 0 atom stereocenters. The van der Waals surface area contributed by atoms with Gasteiger partial charge in [0.15, 0.2) is 0 Å². The third-order valence-corrected chi connectivity index (χ3v) is 3.03. The number of nitrogens with zero attached hydrogens (tertiary/aromatic N) is 2. The number of hydrogen-bond acceptors (Lipinski definition) is 6. The van der Waals surface area contributed by atoms with E-state index >= 15 is 0 Å². The van der Waals surface area contributed by atoms with E-state index in [1.165, 1.54) is 0 Å². The van der Waals surface area contributed by atoms with Gasteiger partial charge in [0.2, 0.25) is 0 Å². The number of aryl methyl sites for hydroxylation is 1. The van der Waals surface area contributed by atoms with Crippen molar-refractivity contribution in [3.63, 3.8) is 0 Å². The Labute approximate surface area is 124 Å². The first-order valence-corrected chi connectivity index (χ1v) is 6.96. The maximum atomic E-state index is 5.44. The summed E-state index contributed by atoms with van der Waals surface area (Å²) in [5, 5.41) is 3.28. The van der Waals surface area contributed by atoms with Crippen LogP contribution in [-0.4, -0.2) is 17.1 Å². The molecule has 21 heavy (non-hydrogen) atoms. The van der Waals surface area contributed by atoms with Crippen molar-refractivity contribution in [1.29, 1.82) is 0 Å². The third kappa shape index (κ3) is 4.32. The summed E-state index contributed by atoms with van der Waals surface area (Å²) < 4.78 is 5.14. The molecule has 0 bridgehead atoms. The fourth-order valence-corrected chi connectivity index (χ4v) is 1.93. The fourth-order valence-electron chi connectivity index (χ4n) is 1.93. The van der Waals surface area contributed by atoms with Crippen LogP contribution in [0, 0.1) is 0 Å². The van der Waals surface area contributed by atoms with Crippen molar-refractivity contribution >= 4 is 11.6 Å². The van der Waals surface area contributed by atoms with Crippen LogP contribution in [0.2, 0.25) is 0 Å². The zero-order chi connectivity index (χ0) is 15.1. The highest BCUT2D eigenvalue weighted by Gasteiger charge is 2.03. The molecule has 6 heteroatoms. The lowest BCUT2D eigenvalue weighted by Gasteiger charge is -2.10. The van der Waals surface area contributed by atoms with Crippen molar-refractivity contribution in [2.24, 2.45) is 5.84 Å². The van der Waals surface area contributed by atoms with Gasteiger partial charge in [0.05, 0.1) is 7.11 Å². The lowest BCUT2D eigenvalue weighted by Crippen LogP contribution is -2.12. The molecule has 1 aromatic carbocycles. The standard InChI is InChI=1S/C15H21N5O/c1-3-4-13-18-14(9-15(19-13)20-16)17-10-11-5-7-12(21-2)8-6-11/h5-9H,3-4,10,16H2,1-2H3,(H2,17,18,19,20). The molecular weight excluding hydrogens is 266 g/mol. The van der Waals surface area contributed by atoms with Crippen molar-refractivity contribution in [2.75, 3.05) is 17.9 Å². The van der Waals surface area contributed by atoms with E-state index < -0.39 is 0 Å². The molecule has 0 unspecified atom stereocenters. The van der Waals surface area contributed by atoms with E-state index in [0.717, 1.165) is 35.8 Å². The van der Waals surface area contributed by atoms with Crippen molar-refractivity contribution in [3.8, 4) is 5.75 Å². The molecule has 1 aromatic heterocycles. The first-order valence-electron chi connectivity index (χ1n) is 6.96. The molecule has 0 amide bonds. The van der Waals surface area contributed by atoms with E-state index in [1.807, 2.05) is 24.3 Å². The van der Waals surface area contributed by atoms with Crippen LogP contribution in [0.1, 0.15) is 24.7 Å². The van der Waals surface area contributed by atoms with Crippen LogP contribution in [0.5, 0.6) is 5.75 Å². The van der Waals surface area contributed by atoms with Crippen LogP contribution in [0.15, 0.2) is 30.3 Å². The molecule has 0 saturated heterocycles. The van der Waals surface area contributed by atoms with Gasteiger partial charge in [0.1, 0.15) is 23.2 Å². The summed E-state index contributed by atoms with van der Waals surface area (Å²) in [6.45, 7) is 2.77. The van der Waals surface area contributed by atoms with Gasteiger partial charge in [-0.15, -0.1) is 0 Å². The molecule has 112 valence electrons. The molecule has 0 aliphatic carbocycles. The number of methoxy groups -OCH3 is 1. The molecule has 0 spiro atoms. The Morgan fingerprint density at radius 3 is 2.48 bits per heavy atom. The van der Waals surface area contributed by atoms with E-state index in [2.05, 4.69) is 27.6 Å². The van der Waals surface area contributed by atoms with Crippen molar-refractivity contribution in [3.05, 3.63) is 41.7 Å². The Kier molecular flexibility index (Phi) is 5.34. The lowest BCUT2D eigenvalue weighted by molar-refractivity contribution is 0.414. The van der Waals surface area contributed by atoms with Gasteiger partial charge in [-0.05, 0) is 24.1 Å². The van der Waals surface area contributed by atoms with E-state index in [1.54, 1.807) is 13.2 Å². The van der Waals surface area contributed by atoms with Crippen molar-refractivity contribution < 1.29 is 4.74 Å². The Bertz CT molecular complexity index is 571. The highest BCUT2D eigenvalue weighted by molar-refractivity contribution is 5.47. The number of anilines is 2. The van der Waals surface area contributed by atoms with Crippen LogP contribution in [0.4, 0.5) is 11.6 Å². The molecule has 0 saturated carbocycles. The van der Waals surface area contributed by atoms with Gasteiger partial charge in [0.25, 0.3) is 0 Å². The number of nitrogens with two attached hydrogens (primary N) is 1. The average molecular weight is 287 g/mol. The maximum absolute atomic E-state index is 5.44. The highest BCUT2D eigenvalue weighted by atomic mass is 16.5. The lowest BCUT2D eigenvalue weighted by atomic mass is 10.2. The summed E-state index contributed by atoms with van der Waals surface area (Å²) in [5.41, 5.74) is 3.72. The number of hydrazine groups is 1. The number of ether oxygens (including phenoxy) is 1. The van der Waals surface area contributed by atoms with E-state index in [9.17, 15) is 0 Å². The summed E-state index contributed by atoms with van der Waals surface area (Å²) in [6, 6.07) is 9.70. The summed E-state index contributed by atoms with van der Waals surface area (Å²) in [7, 11) is 1.66. The molecule has 0 fully saturated rings. The van der Waals surface area contributed by atoms with Crippen LogP contribution >= 0.6 is 0 Å². The number of hydrogen-bond donors (Lipinski definition) is 3. The molecule has 0 radical (unpaired) electrons. The third-order valence-electron chi connectivity index (χ3n) is 3.03. The van der Waals surface area contributed by atoms with E-state index in [4.69, 9.17) is 10.6 Å². The number of aromatic nitrogens is 2. The van der Waals surface area contributed by atoms with Crippen LogP contribution in [0.25, 0.3) is 0 Å². The van der Waals surface area contributed by atoms with E-state index in [-0.39, 0.29) is 0 Å². The first kappa shape index (κ1) is 15.1. The second-order valence-corrected chi connectivity index (χ2v) is 4.65. The second-order valence-electron chi connectivity index (χ2n) is 4.65. The first-order chi connectivity index (χ1) is 10.2. The van der Waals surface area contributed by atoms with Gasteiger partial charge in [-0.3, -0.25) is 0 Å². The zero-order valence-electron chi connectivity index (χ0n) is 12.4. The Morgan fingerprint density at radius 2 is 1.86 bits per heavy atom. The molecule has 2 rings (SSSR count). The molecule has 0 aliphatic rings. The van der Waals surface area contributed by atoms with E-state index in [0.29, 0.717) is 12.4 Å². The minimum absolute atomic E-state index is 0.616. The Balaban J connectivity index is 2.05. The van der Waals surface area contributed by atoms with Crippen LogP contribution in [-0.2, 0) is 13.0 Å². The van der Waals surface area contributed by atoms with Crippen LogP contribution in [0.3, 0.4) is 0 Å². The molecule has 2 aromatic rings. The summed E-state index contributed by atoms with van der Waals surface area (Å²) in [4.78, 5) is 8.79. The molecular formula is C15H21N5O. The number of rotatable bonds is 7. The van der Waals surface area contributed by atoms with Gasteiger partial charge in [0, 0.05) is 19.0 Å². The van der Waals surface area contributed by atoms with Crippen LogP contribution < -0.4 is 21.3 Å². The fraction of sp³-hybridized carbons (Fsp3) is 0.333. The average Bonchev–Trinajstić information content (AvgIpc) is 2.53. The smallest absolute Gasteiger partial charge is 0.145 e. The van der Waals surface area contributed by atoms with Gasteiger partial charge in [-0.1, -0.05) is 19.1 Å². The SMILES string of the molecule is CCCc1nc(NN)cc(NCc2ccc(OC)cc2)n1. The quantitative estimate of drug-likeness (QED) is 0.535. The normalized spacial score (nSPS) is 10.2. The number of benzene rings is 1. The van der Waals surface area contributed by atoms with Gasteiger partial charge >= 0.3 is 0 Å². The summed E-state index contributed by atoms with van der Waals surface area (Å²) in [6.07, 6.45) is 1.82. The molecule has 1 heterocycles.